The lowest BCUT2D eigenvalue weighted by molar-refractivity contribution is 0.0526. The van der Waals surface area contributed by atoms with E-state index >= 15 is 0 Å². The van der Waals surface area contributed by atoms with Crippen molar-refractivity contribution in [2.75, 3.05) is 25.0 Å². The first-order chi connectivity index (χ1) is 12.6. The van der Waals surface area contributed by atoms with Crippen LogP contribution >= 0.6 is 12.2 Å². The molecule has 1 heterocycles. The maximum atomic E-state index is 11.7. The van der Waals surface area contributed by atoms with Gasteiger partial charge in [-0.05, 0) is 62.3 Å². The Kier molecular flexibility index (Phi) is 5.89. The third-order valence-electron chi connectivity index (χ3n) is 4.67. The fourth-order valence-electron chi connectivity index (χ4n) is 3.16. The number of nitrogens with zero attached hydrogens (tertiary/aromatic N) is 1. The number of nitrogens with one attached hydrogen (secondary N) is 1. The first-order valence-corrected chi connectivity index (χ1v) is 9.37. The zero-order valence-electron chi connectivity index (χ0n) is 15.2. The zero-order valence-corrected chi connectivity index (χ0v) is 16.0. The normalized spacial score (nSPS) is 16.4. The van der Waals surface area contributed by atoms with Gasteiger partial charge in [-0.1, -0.05) is 29.8 Å². The van der Waals surface area contributed by atoms with Gasteiger partial charge in [0.1, 0.15) is 0 Å². The Morgan fingerprint density at radius 3 is 2.54 bits per heavy atom. The Balaban J connectivity index is 1.57. The molecular weight excluding hydrogens is 344 g/mol. The molecule has 2 aromatic carbocycles. The van der Waals surface area contributed by atoms with E-state index in [0.717, 1.165) is 30.3 Å². The smallest absolute Gasteiger partial charge is 0.338 e. The summed E-state index contributed by atoms with van der Waals surface area (Å²) in [6, 6.07) is 16.0. The number of carbonyl (C=O) groups excluding carboxylic acids is 1. The quantitative estimate of drug-likeness (QED) is 0.642. The highest BCUT2D eigenvalue weighted by molar-refractivity contribution is 7.80. The van der Waals surface area contributed by atoms with E-state index in [1.165, 1.54) is 11.1 Å². The minimum atomic E-state index is -0.304. The van der Waals surface area contributed by atoms with Crippen molar-refractivity contribution in [3.8, 4) is 0 Å². The molecule has 0 amide bonds. The predicted octanol–water partition coefficient (Wildman–Crippen LogP) is 4.36. The van der Waals surface area contributed by atoms with Crippen molar-refractivity contribution >= 4 is 29.0 Å². The number of thiocarbonyl (C=S) groups is 1. The van der Waals surface area contributed by atoms with Gasteiger partial charge in [0.05, 0.1) is 12.2 Å². The van der Waals surface area contributed by atoms with Gasteiger partial charge in [-0.3, -0.25) is 0 Å². The van der Waals surface area contributed by atoms with E-state index in [1.807, 2.05) is 12.1 Å². The minimum absolute atomic E-state index is 0.304. The van der Waals surface area contributed by atoms with E-state index in [2.05, 4.69) is 41.4 Å². The molecular formula is C21H24N2O2S. The molecule has 0 spiro atoms. The number of rotatable bonds is 4. The molecule has 1 unspecified atom stereocenters. The van der Waals surface area contributed by atoms with Crippen molar-refractivity contribution < 1.29 is 9.53 Å². The second kappa shape index (κ2) is 8.32. The monoisotopic (exact) mass is 368 g/mol. The van der Waals surface area contributed by atoms with Crippen molar-refractivity contribution in [3.05, 3.63) is 65.2 Å². The lowest BCUT2D eigenvalue weighted by Crippen LogP contribution is -2.32. The van der Waals surface area contributed by atoms with Crippen LogP contribution in [0.1, 0.15) is 40.7 Å². The molecule has 0 aromatic heterocycles. The summed E-state index contributed by atoms with van der Waals surface area (Å²) in [4.78, 5) is 13.9. The molecule has 0 radical (unpaired) electrons. The molecule has 136 valence electrons. The van der Waals surface area contributed by atoms with E-state index in [-0.39, 0.29) is 5.97 Å². The van der Waals surface area contributed by atoms with E-state index in [4.69, 9.17) is 17.0 Å². The van der Waals surface area contributed by atoms with Crippen molar-refractivity contribution in [3.63, 3.8) is 0 Å². The van der Waals surface area contributed by atoms with Crippen LogP contribution in [0.4, 0.5) is 5.69 Å². The number of aryl methyl sites for hydroxylation is 1. The fraction of sp³-hybridized carbons (Fsp3) is 0.333. The molecule has 0 saturated carbocycles. The number of hydrogen-bond donors (Lipinski definition) is 1. The van der Waals surface area contributed by atoms with Gasteiger partial charge in [0.25, 0.3) is 0 Å². The molecule has 0 aliphatic carbocycles. The SMILES string of the molecule is CCOC(=O)c1ccc(NC(=S)N2CCC(c3ccc(C)cc3)C2)cc1. The van der Waals surface area contributed by atoms with E-state index in [0.29, 0.717) is 18.1 Å². The van der Waals surface area contributed by atoms with Crippen LogP contribution in [0.25, 0.3) is 0 Å². The van der Waals surface area contributed by atoms with Gasteiger partial charge in [0, 0.05) is 24.7 Å². The third kappa shape index (κ3) is 4.41. The Morgan fingerprint density at radius 1 is 1.19 bits per heavy atom. The summed E-state index contributed by atoms with van der Waals surface area (Å²) >= 11 is 5.57. The van der Waals surface area contributed by atoms with Gasteiger partial charge in [0.15, 0.2) is 5.11 Å². The first-order valence-electron chi connectivity index (χ1n) is 8.96. The molecule has 0 bridgehead atoms. The van der Waals surface area contributed by atoms with Crippen LogP contribution in [0, 0.1) is 6.92 Å². The fourth-order valence-corrected chi connectivity index (χ4v) is 3.45. The summed E-state index contributed by atoms with van der Waals surface area (Å²) in [5.74, 6) is 0.212. The summed E-state index contributed by atoms with van der Waals surface area (Å²) in [6.07, 6.45) is 1.10. The van der Waals surface area contributed by atoms with Crippen LogP contribution in [0.2, 0.25) is 0 Å². The van der Waals surface area contributed by atoms with Crippen LogP contribution < -0.4 is 5.32 Å². The van der Waals surface area contributed by atoms with Gasteiger partial charge in [0.2, 0.25) is 0 Å². The third-order valence-corrected chi connectivity index (χ3v) is 5.03. The number of likely N-dealkylation sites (tertiary alicyclic amines) is 1. The van der Waals surface area contributed by atoms with E-state index < -0.39 is 0 Å². The van der Waals surface area contributed by atoms with E-state index in [9.17, 15) is 4.79 Å². The summed E-state index contributed by atoms with van der Waals surface area (Å²) in [5.41, 5.74) is 4.08. The molecule has 1 N–H and O–H groups in total. The Morgan fingerprint density at radius 2 is 1.88 bits per heavy atom. The zero-order chi connectivity index (χ0) is 18.5. The molecule has 1 saturated heterocycles. The van der Waals surface area contributed by atoms with Crippen LogP contribution in [-0.2, 0) is 4.74 Å². The lowest BCUT2D eigenvalue weighted by atomic mass is 9.98. The lowest BCUT2D eigenvalue weighted by Gasteiger charge is -2.21. The van der Waals surface area contributed by atoms with Crippen LogP contribution in [-0.4, -0.2) is 35.7 Å². The number of ether oxygens (including phenoxy) is 1. The Hall–Kier alpha value is -2.40. The Labute approximate surface area is 160 Å². The van der Waals surface area contributed by atoms with Crippen molar-refractivity contribution in [2.45, 2.75) is 26.2 Å². The van der Waals surface area contributed by atoms with E-state index in [1.54, 1.807) is 19.1 Å². The number of benzene rings is 2. The van der Waals surface area contributed by atoms with Crippen molar-refractivity contribution in [1.29, 1.82) is 0 Å². The molecule has 3 rings (SSSR count). The molecule has 1 atom stereocenters. The highest BCUT2D eigenvalue weighted by Gasteiger charge is 2.25. The summed E-state index contributed by atoms with van der Waals surface area (Å²) in [7, 11) is 0. The van der Waals surface area contributed by atoms with Crippen LogP contribution in [0.15, 0.2) is 48.5 Å². The van der Waals surface area contributed by atoms with Gasteiger partial charge in [-0.25, -0.2) is 4.79 Å². The number of esters is 1. The first kappa shape index (κ1) is 18.4. The average molecular weight is 369 g/mol. The van der Waals surface area contributed by atoms with Crippen molar-refractivity contribution in [2.24, 2.45) is 0 Å². The largest absolute Gasteiger partial charge is 0.462 e. The minimum Gasteiger partial charge on any atom is -0.462 e. The maximum absolute atomic E-state index is 11.7. The maximum Gasteiger partial charge on any atom is 0.338 e. The number of hydrogen-bond acceptors (Lipinski definition) is 3. The molecule has 5 heteroatoms. The molecule has 2 aromatic rings. The van der Waals surface area contributed by atoms with Gasteiger partial charge >= 0.3 is 5.97 Å². The average Bonchev–Trinajstić information content (AvgIpc) is 3.13. The van der Waals surface area contributed by atoms with Crippen LogP contribution in [0.5, 0.6) is 0 Å². The van der Waals surface area contributed by atoms with Crippen molar-refractivity contribution in [1.82, 2.24) is 4.90 Å². The summed E-state index contributed by atoms with van der Waals surface area (Å²) < 4.78 is 5.00. The van der Waals surface area contributed by atoms with Gasteiger partial charge in [-0.2, -0.15) is 0 Å². The summed E-state index contributed by atoms with van der Waals surface area (Å²) in [6.45, 7) is 6.16. The second-order valence-corrected chi connectivity index (χ2v) is 6.96. The molecule has 1 aliphatic rings. The predicted molar refractivity (Wildman–Crippen MR) is 109 cm³/mol. The van der Waals surface area contributed by atoms with Gasteiger partial charge < -0.3 is 15.0 Å². The molecule has 1 fully saturated rings. The highest BCUT2D eigenvalue weighted by Crippen LogP contribution is 2.28. The number of anilines is 1. The molecule has 26 heavy (non-hydrogen) atoms. The standard InChI is InChI=1S/C21H24N2O2S/c1-3-25-20(24)17-8-10-19(11-9-17)22-21(26)23-13-12-18(14-23)16-6-4-15(2)5-7-16/h4-11,18H,3,12-14H2,1-2H3,(H,22,26). The number of carbonyl (C=O) groups is 1. The van der Waals surface area contributed by atoms with Crippen LogP contribution in [0.3, 0.4) is 0 Å². The Bertz CT molecular complexity index is 772. The highest BCUT2D eigenvalue weighted by atomic mass is 32.1. The van der Waals surface area contributed by atoms with Gasteiger partial charge in [-0.15, -0.1) is 0 Å². The second-order valence-electron chi connectivity index (χ2n) is 6.57. The molecule has 1 aliphatic heterocycles. The molecule has 4 nitrogen and oxygen atoms in total. The summed E-state index contributed by atoms with van der Waals surface area (Å²) in [5, 5.41) is 3.99. The topological polar surface area (TPSA) is 41.6 Å².